The van der Waals surface area contributed by atoms with Crippen LogP contribution >= 0.6 is 0 Å². The Balaban J connectivity index is 1.66. The lowest BCUT2D eigenvalue weighted by Crippen LogP contribution is -2.32. The lowest BCUT2D eigenvalue weighted by molar-refractivity contribution is -0.123. The number of aliphatic hydroxyl groups is 1. The standard InChI is InChI=1S/C18H17F2NO2/c19-12-6-7-13(16(20)8-12)14-9-15(14)18(23)21-17(10-22)11-4-2-1-3-5-11/h1-8,14-15,17,22H,9-10H2,(H,21,23). The van der Waals surface area contributed by atoms with Gasteiger partial charge in [-0.05, 0) is 29.5 Å². The number of benzene rings is 2. The number of hydrogen-bond acceptors (Lipinski definition) is 2. The van der Waals surface area contributed by atoms with Gasteiger partial charge in [0.1, 0.15) is 11.6 Å². The van der Waals surface area contributed by atoms with Gasteiger partial charge in [-0.3, -0.25) is 4.79 Å². The van der Waals surface area contributed by atoms with Crippen molar-refractivity contribution in [3.63, 3.8) is 0 Å². The predicted molar refractivity (Wildman–Crippen MR) is 81.6 cm³/mol. The second-order valence-electron chi connectivity index (χ2n) is 5.77. The summed E-state index contributed by atoms with van der Waals surface area (Å²) in [5.41, 5.74) is 1.18. The molecule has 23 heavy (non-hydrogen) atoms. The van der Waals surface area contributed by atoms with Gasteiger partial charge in [0, 0.05) is 12.0 Å². The Labute approximate surface area is 133 Å². The van der Waals surface area contributed by atoms with E-state index in [1.807, 2.05) is 30.3 Å². The van der Waals surface area contributed by atoms with Crippen LogP contribution in [0.2, 0.25) is 0 Å². The Bertz CT molecular complexity index is 705. The Morgan fingerprint density at radius 1 is 1.22 bits per heavy atom. The fraction of sp³-hybridized carbons (Fsp3) is 0.278. The monoisotopic (exact) mass is 317 g/mol. The van der Waals surface area contributed by atoms with Crippen LogP contribution in [0.4, 0.5) is 8.78 Å². The van der Waals surface area contributed by atoms with E-state index < -0.39 is 17.7 Å². The highest BCUT2D eigenvalue weighted by molar-refractivity contribution is 5.83. The van der Waals surface area contributed by atoms with Crippen molar-refractivity contribution in [2.24, 2.45) is 5.92 Å². The summed E-state index contributed by atoms with van der Waals surface area (Å²) in [5, 5.41) is 12.3. The molecule has 1 aliphatic rings. The van der Waals surface area contributed by atoms with Crippen molar-refractivity contribution in [3.05, 3.63) is 71.3 Å². The maximum atomic E-state index is 13.8. The second-order valence-corrected chi connectivity index (χ2v) is 5.77. The van der Waals surface area contributed by atoms with Crippen molar-refractivity contribution < 1.29 is 18.7 Å². The lowest BCUT2D eigenvalue weighted by Gasteiger charge is -2.16. The topological polar surface area (TPSA) is 49.3 Å². The predicted octanol–water partition coefficient (Wildman–Crippen LogP) is 2.92. The minimum Gasteiger partial charge on any atom is -0.394 e. The molecule has 0 bridgehead atoms. The van der Waals surface area contributed by atoms with E-state index in [-0.39, 0.29) is 24.3 Å². The average Bonchev–Trinajstić information content (AvgIpc) is 3.33. The van der Waals surface area contributed by atoms with Crippen molar-refractivity contribution in [3.8, 4) is 0 Å². The minimum absolute atomic E-state index is 0.210. The molecule has 1 saturated carbocycles. The van der Waals surface area contributed by atoms with E-state index in [9.17, 15) is 18.7 Å². The number of carbonyl (C=O) groups is 1. The molecule has 1 aliphatic carbocycles. The van der Waals surface area contributed by atoms with Crippen molar-refractivity contribution in [2.45, 2.75) is 18.4 Å². The summed E-state index contributed by atoms with van der Waals surface area (Å²) in [6.07, 6.45) is 0.529. The molecule has 0 heterocycles. The molecule has 2 N–H and O–H groups in total. The van der Waals surface area contributed by atoms with Crippen LogP contribution in [0.5, 0.6) is 0 Å². The third-order valence-corrected chi connectivity index (χ3v) is 4.19. The highest BCUT2D eigenvalue weighted by Gasteiger charge is 2.45. The SMILES string of the molecule is O=C(NC(CO)c1ccccc1)C1CC1c1ccc(F)cc1F. The molecular weight excluding hydrogens is 300 g/mol. The Kier molecular flexibility index (Phi) is 4.39. The summed E-state index contributed by atoms with van der Waals surface area (Å²) < 4.78 is 26.7. The van der Waals surface area contributed by atoms with Crippen LogP contribution in [0.3, 0.4) is 0 Å². The number of carbonyl (C=O) groups excluding carboxylic acids is 1. The van der Waals surface area contributed by atoms with E-state index in [0.29, 0.717) is 12.0 Å². The molecule has 3 atom stereocenters. The molecule has 0 saturated heterocycles. The maximum absolute atomic E-state index is 13.8. The van der Waals surface area contributed by atoms with Crippen molar-refractivity contribution >= 4 is 5.91 Å². The highest BCUT2D eigenvalue weighted by atomic mass is 19.1. The number of halogens is 2. The third kappa shape index (κ3) is 3.40. The molecule has 3 unspecified atom stereocenters. The molecule has 0 aromatic heterocycles. The smallest absolute Gasteiger partial charge is 0.224 e. The zero-order valence-corrected chi connectivity index (χ0v) is 12.4. The summed E-state index contributed by atoms with van der Waals surface area (Å²) in [4.78, 5) is 12.3. The molecule has 1 amide bonds. The van der Waals surface area contributed by atoms with E-state index in [1.54, 1.807) is 0 Å². The first kappa shape index (κ1) is 15.6. The summed E-state index contributed by atoms with van der Waals surface area (Å²) in [7, 11) is 0. The van der Waals surface area contributed by atoms with Gasteiger partial charge in [0.25, 0.3) is 0 Å². The van der Waals surface area contributed by atoms with Gasteiger partial charge in [-0.1, -0.05) is 36.4 Å². The summed E-state index contributed by atoms with van der Waals surface area (Å²) >= 11 is 0. The highest BCUT2D eigenvalue weighted by Crippen LogP contribution is 2.48. The first-order valence-corrected chi connectivity index (χ1v) is 7.51. The molecule has 120 valence electrons. The molecule has 2 aromatic carbocycles. The van der Waals surface area contributed by atoms with E-state index in [1.165, 1.54) is 12.1 Å². The van der Waals surface area contributed by atoms with Gasteiger partial charge in [0.15, 0.2) is 0 Å². The number of nitrogens with one attached hydrogen (secondary N) is 1. The first-order chi connectivity index (χ1) is 11.1. The third-order valence-electron chi connectivity index (χ3n) is 4.19. The van der Waals surface area contributed by atoms with Gasteiger partial charge in [0.2, 0.25) is 5.91 Å². The summed E-state index contributed by atoms with van der Waals surface area (Å²) in [6.45, 7) is -0.210. The van der Waals surface area contributed by atoms with Crippen LogP contribution in [-0.2, 0) is 4.79 Å². The van der Waals surface area contributed by atoms with Crippen molar-refractivity contribution in [1.82, 2.24) is 5.32 Å². The molecule has 5 heteroatoms. The minimum atomic E-state index is -0.627. The lowest BCUT2D eigenvalue weighted by atomic mass is 10.1. The second kappa shape index (κ2) is 6.46. The van der Waals surface area contributed by atoms with Crippen LogP contribution in [-0.4, -0.2) is 17.6 Å². The van der Waals surface area contributed by atoms with Crippen molar-refractivity contribution in [1.29, 1.82) is 0 Å². The molecular formula is C18H17F2NO2. The largest absolute Gasteiger partial charge is 0.394 e. The fourth-order valence-corrected chi connectivity index (χ4v) is 2.83. The Morgan fingerprint density at radius 3 is 2.61 bits per heavy atom. The molecule has 0 aliphatic heterocycles. The van der Waals surface area contributed by atoms with E-state index >= 15 is 0 Å². The zero-order valence-electron chi connectivity index (χ0n) is 12.4. The number of amides is 1. The molecule has 2 aromatic rings. The Hall–Kier alpha value is -2.27. The van der Waals surface area contributed by atoms with Crippen LogP contribution in [0.25, 0.3) is 0 Å². The van der Waals surface area contributed by atoms with Crippen molar-refractivity contribution in [2.75, 3.05) is 6.61 Å². The quantitative estimate of drug-likeness (QED) is 0.891. The van der Waals surface area contributed by atoms with Crippen LogP contribution in [0.1, 0.15) is 29.5 Å². The molecule has 3 nitrogen and oxygen atoms in total. The van der Waals surface area contributed by atoms with Crippen LogP contribution in [0, 0.1) is 17.6 Å². The van der Waals surface area contributed by atoms with Gasteiger partial charge < -0.3 is 10.4 Å². The van der Waals surface area contributed by atoms with Crippen LogP contribution in [0.15, 0.2) is 48.5 Å². The summed E-state index contributed by atoms with van der Waals surface area (Å²) in [6, 6.07) is 12.1. The van der Waals surface area contributed by atoms with Gasteiger partial charge in [0.05, 0.1) is 12.6 Å². The fourth-order valence-electron chi connectivity index (χ4n) is 2.83. The number of hydrogen-bond donors (Lipinski definition) is 2. The molecule has 0 radical (unpaired) electrons. The first-order valence-electron chi connectivity index (χ1n) is 7.51. The average molecular weight is 317 g/mol. The van der Waals surface area contributed by atoms with Gasteiger partial charge in [-0.25, -0.2) is 8.78 Å². The van der Waals surface area contributed by atoms with Gasteiger partial charge in [-0.2, -0.15) is 0 Å². The molecule has 1 fully saturated rings. The maximum Gasteiger partial charge on any atom is 0.224 e. The van der Waals surface area contributed by atoms with E-state index in [0.717, 1.165) is 11.6 Å². The Morgan fingerprint density at radius 2 is 1.96 bits per heavy atom. The van der Waals surface area contributed by atoms with E-state index in [2.05, 4.69) is 5.32 Å². The van der Waals surface area contributed by atoms with Gasteiger partial charge in [-0.15, -0.1) is 0 Å². The zero-order chi connectivity index (χ0) is 16.4. The van der Waals surface area contributed by atoms with Gasteiger partial charge >= 0.3 is 0 Å². The van der Waals surface area contributed by atoms with Crippen LogP contribution < -0.4 is 5.32 Å². The molecule has 0 spiro atoms. The molecule has 3 rings (SSSR count). The number of aliphatic hydroxyl groups excluding tert-OH is 1. The number of rotatable bonds is 5. The normalized spacial score (nSPS) is 20.8. The van der Waals surface area contributed by atoms with E-state index in [4.69, 9.17) is 0 Å². The summed E-state index contributed by atoms with van der Waals surface area (Å²) in [5.74, 6) is -2.04.